The molecule has 204 valence electrons. The fourth-order valence-corrected chi connectivity index (χ4v) is 4.12. The summed E-state index contributed by atoms with van der Waals surface area (Å²) in [6.45, 7) is -0.656. The maximum Gasteiger partial charge on any atom is 0.338 e. The molecule has 0 bridgehead atoms. The Hall–Kier alpha value is -3.60. The van der Waals surface area contributed by atoms with E-state index >= 15 is 0 Å². The van der Waals surface area contributed by atoms with Crippen LogP contribution in [0.25, 0.3) is 0 Å². The first kappa shape index (κ1) is 28.4. The lowest BCUT2D eigenvalue weighted by Crippen LogP contribution is -2.62. The van der Waals surface area contributed by atoms with Gasteiger partial charge in [-0.2, -0.15) is 0 Å². The number of halogens is 1. The predicted molar refractivity (Wildman–Crippen MR) is 139 cm³/mol. The molecule has 39 heavy (non-hydrogen) atoms. The summed E-state index contributed by atoms with van der Waals surface area (Å²) >= 11 is 5.39. The minimum atomic E-state index is -1.66. The molecule has 1 fully saturated rings. The molecule has 0 radical (unpaired) electrons. The second kappa shape index (κ2) is 14.0. The lowest BCUT2D eigenvalue weighted by Gasteiger charge is -2.43. The fraction of sp³-hybridized carbons (Fsp3) is 0.276. The van der Waals surface area contributed by atoms with Gasteiger partial charge in [0, 0.05) is 0 Å². The summed E-state index contributed by atoms with van der Waals surface area (Å²) in [6, 6.07) is 25.6. The summed E-state index contributed by atoms with van der Waals surface area (Å²) in [5.74, 6) is -1.42. The summed E-state index contributed by atoms with van der Waals surface area (Å²) < 4.78 is 28.6. The van der Waals surface area contributed by atoms with Crippen molar-refractivity contribution in [3.8, 4) is 0 Å². The van der Waals surface area contributed by atoms with Gasteiger partial charge in [-0.05, 0) is 41.4 Å². The van der Waals surface area contributed by atoms with E-state index in [-0.39, 0.29) is 24.3 Å². The maximum atomic E-state index is 13.1. The average molecular weight is 555 g/mol. The first-order valence-electron chi connectivity index (χ1n) is 12.2. The van der Waals surface area contributed by atoms with Crippen LogP contribution < -0.4 is 0 Å². The third-order valence-corrected chi connectivity index (χ3v) is 6.01. The molecule has 1 N–H and O–H groups in total. The molecule has 0 aliphatic carbocycles. The normalized spacial score (nSPS) is 22.6. The van der Waals surface area contributed by atoms with Crippen LogP contribution in [0, 0.1) is 0 Å². The summed E-state index contributed by atoms with van der Waals surface area (Å²) in [5.41, 5.74) is 1.30. The SMILES string of the molecule is O=C(Cl)COC[C@H]1O[C@H](O)[C@H](OC(=O)c2ccccc2)[C@@H](OCc2ccccc2)[C@H]1OC(=O)c1ccccc1. The number of hydrogen-bond acceptors (Lipinski definition) is 9. The van der Waals surface area contributed by atoms with Crippen LogP contribution in [0.5, 0.6) is 0 Å². The van der Waals surface area contributed by atoms with Crippen LogP contribution in [0.4, 0.5) is 0 Å². The summed E-state index contributed by atoms with van der Waals surface area (Å²) in [6.07, 6.45) is -6.50. The van der Waals surface area contributed by atoms with E-state index < -0.39 is 54.5 Å². The first-order valence-corrected chi connectivity index (χ1v) is 12.6. The molecule has 4 rings (SSSR count). The molecule has 3 aromatic carbocycles. The molecule has 9 nitrogen and oxygen atoms in total. The Morgan fingerprint density at radius 3 is 1.79 bits per heavy atom. The van der Waals surface area contributed by atoms with Gasteiger partial charge in [-0.25, -0.2) is 9.59 Å². The molecule has 0 spiro atoms. The molecule has 0 aromatic heterocycles. The standard InChI is InChI=1S/C29H27ClO9/c30-23(31)18-35-17-22-24(38-27(32)20-12-6-2-7-13-20)25(36-16-19-10-4-1-5-11-19)26(29(34)37-22)39-28(33)21-14-8-3-9-15-21/h1-15,22,24-26,29,34H,16-18H2/t22-,24+,25+,26-,29+/m1/s1. The zero-order chi connectivity index (χ0) is 27.6. The number of aliphatic hydroxyl groups excluding tert-OH is 1. The number of aliphatic hydroxyl groups is 1. The lowest BCUT2D eigenvalue weighted by molar-refractivity contribution is -0.295. The van der Waals surface area contributed by atoms with E-state index in [1.165, 1.54) is 0 Å². The molecule has 3 aromatic rings. The number of rotatable bonds is 11. The van der Waals surface area contributed by atoms with Gasteiger partial charge in [0.05, 0.1) is 24.3 Å². The Balaban J connectivity index is 1.64. The van der Waals surface area contributed by atoms with Gasteiger partial charge >= 0.3 is 11.9 Å². The molecule has 0 unspecified atom stereocenters. The Kier molecular flexibility index (Phi) is 10.2. The van der Waals surface area contributed by atoms with Crippen LogP contribution >= 0.6 is 11.6 Å². The Morgan fingerprint density at radius 2 is 1.26 bits per heavy atom. The summed E-state index contributed by atoms with van der Waals surface area (Å²) in [4.78, 5) is 37.2. The lowest BCUT2D eigenvalue weighted by atomic mass is 9.98. The predicted octanol–water partition coefficient (Wildman–Crippen LogP) is 3.52. The number of carbonyl (C=O) groups excluding carboxylic acids is 3. The summed E-state index contributed by atoms with van der Waals surface area (Å²) in [5, 5.41) is 10.2. The van der Waals surface area contributed by atoms with Crippen molar-refractivity contribution in [1.29, 1.82) is 0 Å². The smallest absolute Gasteiger partial charge is 0.338 e. The van der Waals surface area contributed by atoms with Crippen LogP contribution in [0.1, 0.15) is 26.3 Å². The highest BCUT2D eigenvalue weighted by Crippen LogP contribution is 2.30. The third kappa shape index (κ3) is 7.95. The molecule has 5 atom stereocenters. The Bertz CT molecular complexity index is 1220. The third-order valence-electron chi connectivity index (χ3n) is 5.90. The minimum Gasteiger partial charge on any atom is -0.453 e. The first-order chi connectivity index (χ1) is 18.9. The van der Waals surface area contributed by atoms with Crippen LogP contribution in [0.15, 0.2) is 91.0 Å². The molecule has 10 heteroatoms. The molecule has 0 amide bonds. The van der Waals surface area contributed by atoms with Crippen molar-refractivity contribution in [2.75, 3.05) is 13.2 Å². The van der Waals surface area contributed by atoms with E-state index in [1.807, 2.05) is 30.3 Å². The fourth-order valence-electron chi connectivity index (χ4n) is 4.04. The zero-order valence-electron chi connectivity index (χ0n) is 20.8. The van der Waals surface area contributed by atoms with Crippen molar-refractivity contribution in [3.05, 3.63) is 108 Å². The quantitative estimate of drug-likeness (QED) is 0.280. The highest BCUT2D eigenvalue weighted by molar-refractivity contribution is 6.63. The van der Waals surface area contributed by atoms with Crippen molar-refractivity contribution in [3.63, 3.8) is 0 Å². The monoisotopic (exact) mass is 554 g/mol. The Labute approximate surface area is 230 Å². The minimum absolute atomic E-state index is 0.0464. The average Bonchev–Trinajstić information content (AvgIpc) is 2.96. The number of carbonyl (C=O) groups is 3. The molecule has 0 saturated carbocycles. The van der Waals surface area contributed by atoms with Crippen molar-refractivity contribution in [2.24, 2.45) is 0 Å². The van der Waals surface area contributed by atoms with Gasteiger partial charge in [0.2, 0.25) is 5.24 Å². The van der Waals surface area contributed by atoms with Gasteiger partial charge in [0.15, 0.2) is 18.5 Å². The van der Waals surface area contributed by atoms with Crippen LogP contribution in [-0.4, -0.2) is 66.2 Å². The van der Waals surface area contributed by atoms with E-state index in [9.17, 15) is 19.5 Å². The number of benzene rings is 3. The highest BCUT2D eigenvalue weighted by atomic mass is 35.5. The van der Waals surface area contributed by atoms with Gasteiger partial charge in [-0.15, -0.1) is 0 Å². The molecular formula is C29H27ClO9. The van der Waals surface area contributed by atoms with E-state index in [4.69, 9.17) is 35.3 Å². The van der Waals surface area contributed by atoms with Crippen molar-refractivity contribution in [2.45, 2.75) is 37.3 Å². The van der Waals surface area contributed by atoms with Crippen molar-refractivity contribution < 1.29 is 43.2 Å². The Morgan fingerprint density at radius 1 is 0.744 bits per heavy atom. The molecule has 1 heterocycles. The number of esters is 2. The number of hydrogen-bond donors (Lipinski definition) is 1. The second-order valence-corrected chi connectivity index (χ2v) is 9.09. The molecule has 1 aliphatic rings. The van der Waals surface area contributed by atoms with Crippen LogP contribution in [-0.2, 0) is 35.1 Å². The van der Waals surface area contributed by atoms with E-state index in [0.717, 1.165) is 5.56 Å². The molecule has 1 saturated heterocycles. The van der Waals surface area contributed by atoms with Crippen LogP contribution in [0.3, 0.4) is 0 Å². The van der Waals surface area contributed by atoms with Crippen LogP contribution in [0.2, 0.25) is 0 Å². The van der Waals surface area contributed by atoms with Gasteiger partial charge < -0.3 is 28.8 Å². The van der Waals surface area contributed by atoms with Gasteiger partial charge in [-0.3, -0.25) is 4.79 Å². The van der Waals surface area contributed by atoms with E-state index in [2.05, 4.69) is 0 Å². The molecular weight excluding hydrogens is 528 g/mol. The van der Waals surface area contributed by atoms with Gasteiger partial charge in [0.25, 0.3) is 0 Å². The van der Waals surface area contributed by atoms with Gasteiger partial charge in [0.1, 0.15) is 18.8 Å². The molecule has 1 aliphatic heterocycles. The van der Waals surface area contributed by atoms with E-state index in [0.29, 0.717) is 0 Å². The summed E-state index contributed by atoms with van der Waals surface area (Å²) in [7, 11) is 0. The second-order valence-electron chi connectivity index (χ2n) is 8.67. The largest absolute Gasteiger partial charge is 0.453 e. The number of ether oxygens (including phenoxy) is 5. The van der Waals surface area contributed by atoms with E-state index in [1.54, 1.807) is 60.7 Å². The van der Waals surface area contributed by atoms with Gasteiger partial charge in [-0.1, -0.05) is 66.7 Å². The topological polar surface area (TPSA) is 118 Å². The maximum absolute atomic E-state index is 13.1. The highest BCUT2D eigenvalue weighted by Gasteiger charge is 2.50. The van der Waals surface area contributed by atoms with Crippen molar-refractivity contribution in [1.82, 2.24) is 0 Å². The zero-order valence-corrected chi connectivity index (χ0v) is 21.5. The van der Waals surface area contributed by atoms with Crippen molar-refractivity contribution >= 4 is 28.8 Å².